The minimum absolute atomic E-state index is 0.00136. The molecule has 262 valence electrons. The summed E-state index contributed by atoms with van der Waals surface area (Å²) in [6.45, 7) is 9.38. The Morgan fingerprint density at radius 3 is 1.92 bits per heavy atom. The van der Waals surface area contributed by atoms with Crippen LogP contribution in [0.25, 0.3) is 22.3 Å². The van der Waals surface area contributed by atoms with Crippen molar-refractivity contribution >= 4 is 55.9 Å². The molecule has 7 rings (SSSR count). The van der Waals surface area contributed by atoms with Crippen molar-refractivity contribution in [1.29, 1.82) is 0 Å². The number of hydrogen-bond donors (Lipinski definition) is 1. The molecule has 2 fully saturated rings. The van der Waals surface area contributed by atoms with Crippen molar-refractivity contribution in [3.8, 4) is 28.0 Å². The number of fused-ring (bicyclic) bond motifs is 2. The second kappa shape index (κ2) is 16.6. The molecular formula is C45H47Cl3NOTl. The second-order valence-electron chi connectivity index (χ2n) is 15.4. The normalized spacial score (nSPS) is 21.5. The van der Waals surface area contributed by atoms with E-state index < -0.39 is 19.0 Å². The van der Waals surface area contributed by atoms with Crippen molar-refractivity contribution in [2.75, 3.05) is 0 Å². The molecule has 0 aliphatic heterocycles. The van der Waals surface area contributed by atoms with Crippen LogP contribution >= 0.6 is 24.9 Å². The summed E-state index contributed by atoms with van der Waals surface area (Å²) in [5.41, 5.74) is 9.75. The molecular weight excluding hydrogens is 881 g/mol. The first-order chi connectivity index (χ1) is 24.4. The topological polar surface area (TPSA) is 32.6 Å². The number of aromatic hydroxyl groups is 1. The Kier molecular flexibility index (Phi) is 12.4. The summed E-state index contributed by atoms with van der Waals surface area (Å²) in [5, 5.41) is 12.1. The first kappa shape index (κ1) is 38.1. The summed E-state index contributed by atoms with van der Waals surface area (Å²) in [5.74, 6) is 2.45. The monoisotopic (exact) mass is 927 g/mol. The van der Waals surface area contributed by atoms with E-state index in [4.69, 9.17) is 29.9 Å². The molecule has 51 heavy (non-hydrogen) atoms. The van der Waals surface area contributed by atoms with Crippen molar-refractivity contribution in [3.63, 3.8) is 0 Å². The molecule has 0 spiro atoms. The zero-order chi connectivity index (χ0) is 36.2. The van der Waals surface area contributed by atoms with Gasteiger partial charge in [-0.1, -0.05) is 131 Å². The van der Waals surface area contributed by atoms with Gasteiger partial charge in [0.15, 0.2) is 0 Å². The number of rotatable bonds is 7. The Labute approximate surface area is 323 Å². The van der Waals surface area contributed by atoms with Gasteiger partial charge in [0.25, 0.3) is 0 Å². The zero-order valence-corrected chi connectivity index (χ0v) is 36.8. The number of benzene rings is 5. The van der Waals surface area contributed by atoms with E-state index in [2.05, 4.69) is 143 Å². The Hall–Kier alpha value is -2.64. The van der Waals surface area contributed by atoms with E-state index in [1.54, 1.807) is 0 Å². The summed E-state index contributed by atoms with van der Waals surface area (Å²) in [6, 6.07) is 42.9. The van der Waals surface area contributed by atoms with Gasteiger partial charge in [0.05, 0.1) is 5.69 Å². The van der Waals surface area contributed by atoms with Gasteiger partial charge in [-0.05, 0) is 101 Å². The number of phenols is 1. The number of aliphatic imine (C=N–C) groups is 1. The van der Waals surface area contributed by atoms with Crippen molar-refractivity contribution < 1.29 is 5.11 Å². The summed E-state index contributed by atoms with van der Waals surface area (Å²) < 4.78 is 0. The molecule has 0 heterocycles. The number of halogens is 3. The van der Waals surface area contributed by atoms with E-state index in [0.29, 0.717) is 17.6 Å². The van der Waals surface area contributed by atoms with Gasteiger partial charge in [0.1, 0.15) is 5.75 Å². The van der Waals surface area contributed by atoms with E-state index in [1.165, 1.54) is 36.0 Å². The van der Waals surface area contributed by atoms with Crippen molar-refractivity contribution in [2.24, 2.45) is 22.7 Å². The van der Waals surface area contributed by atoms with Gasteiger partial charge in [-0.2, -0.15) is 0 Å². The van der Waals surface area contributed by atoms with Crippen LogP contribution in [0.5, 0.6) is 5.75 Å². The Balaban J connectivity index is 0.00000107. The number of para-hydroxylation sites is 1. The summed E-state index contributed by atoms with van der Waals surface area (Å²) in [6.07, 6.45) is 7.95. The van der Waals surface area contributed by atoms with Crippen LogP contribution in [-0.4, -0.2) is 30.4 Å². The van der Waals surface area contributed by atoms with Gasteiger partial charge in [0, 0.05) is 28.3 Å². The van der Waals surface area contributed by atoms with Crippen LogP contribution < -0.4 is 0 Å². The summed E-state index contributed by atoms with van der Waals surface area (Å²) in [7, 11) is 15.1. The number of hydrogen-bond acceptors (Lipinski definition) is 2. The fourth-order valence-corrected chi connectivity index (χ4v) is 9.06. The van der Waals surface area contributed by atoms with Gasteiger partial charge in [-0.15, -0.1) is 0 Å². The molecule has 5 aromatic rings. The molecule has 6 heteroatoms. The van der Waals surface area contributed by atoms with E-state index >= 15 is 0 Å². The average Bonchev–Trinajstić information content (AvgIpc) is 3.11. The number of phenolic OH excluding ortho intramolecular Hbond substituents is 1. The van der Waals surface area contributed by atoms with Crippen LogP contribution in [0.3, 0.4) is 0 Å². The molecule has 2 nitrogen and oxygen atoms in total. The predicted molar refractivity (Wildman–Crippen MR) is 221 cm³/mol. The third-order valence-corrected chi connectivity index (χ3v) is 11.1. The van der Waals surface area contributed by atoms with E-state index in [0.717, 1.165) is 52.3 Å². The molecule has 2 aliphatic carbocycles. The molecule has 0 amide bonds. The van der Waals surface area contributed by atoms with Crippen LogP contribution in [0.4, 0.5) is 5.69 Å². The molecule has 0 aromatic heterocycles. The van der Waals surface area contributed by atoms with Crippen LogP contribution in [0.2, 0.25) is 0 Å². The molecule has 2 saturated carbocycles. The maximum absolute atomic E-state index is 12.1. The standard InChI is InChI=1S/C45H47NO.3ClH.Tl/c1-31-22-33-23-32(2)28-45(27-31,29-33)41-26-36(34-14-7-5-8-15-34)24-37(43(41)47)30-46-42-21-12-11-20-40(42)35-16-13-19-39(25-35)44(3,4)38-17-9-6-10-18-38;;;;/h5-21,24-26,30-33,47H,22-23,27-29H2,1-4H3;3*1H;/q;;;;+3/p-3. The Bertz CT molecular complexity index is 1940. The number of nitrogens with zero attached hydrogens (tertiary/aromatic N) is 1. The van der Waals surface area contributed by atoms with Crippen LogP contribution in [0.15, 0.2) is 126 Å². The van der Waals surface area contributed by atoms with E-state index in [1.807, 2.05) is 12.3 Å². The average molecular weight is 929 g/mol. The van der Waals surface area contributed by atoms with Crippen molar-refractivity contribution in [3.05, 3.63) is 144 Å². The molecule has 1 N–H and O–H groups in total. The first-order valence-corrected chi connectivity index (χ1v) is 34.7. The maximum atomic E-state index is 12.1. The quantitative estimate of drug-likeness (QED) is 0.128. The van der Waals surface area contributed by atoms with E-state index in [9.17, 15) is 5.11 Å². The van der Waals surface area contributed by atoms with Crippen molar-refractivity contribution in [1.82, 2.24) is 0 Å². The molecule has 2 aliphatic rings. The van der Waals surface area contributed by atoms with Gasteiger partial charge in [0.2, 0.25) is 0 Å². The molecule has 2 atom stereocenters. The van der Waals surface area contributed by atoms with Crippen LogP contribution in [0.1, 0.15) is 82.1 Å². The minimum atomic E-state index is -2.31. The van der Waals surface area contributed by atoms with Crippen LogP contribution in [-0.2, 0) is 10.8 Å². The molecule has 2 unspecified atom stereocenters. The van der Waals surface area contributed by atoms with E-state index in [-0.39, 0.29) is 10.8 Å². The SMILES string of the molecule is CC1CC2CC(C)CC(c3cc(-c4ccccc4)cc(C=Nc4ccccc4-c4cccc(C(C)(C)c5ccccc5)c4)c3O)(C1)C2.[Cl][Tl]([Cl])[Cl]. The van der Waals surface area contributed by atoms with Gasteiger partial charge >= 0.3 is 44.0 Å². The third kappa shape index (κ3) is 8.95. The fourth-order valence-electron chi connectivity index (χ4n) is 9.06. The Morgan fingerprint density at radius 1 is 0.686 bits per heavy atom. The zero-order valence-electron chi connectivity index (χ0n) is 30.0. The second-order valence-corrected chi connectivity index (χ2v) is 34.7. The van der Waals surface area contributed by atoms with Gasteiger partial charge < -0.3 is 5.11 Å². The van der Waals surface area contributed by atoms with Crippen molar-refractivity contribution in [2.45, 2.75) is 70.6 Å². The summed E-state index contributed by atoms with van der Waals surface area (Å²) in [4.78, 5) is 5.11. The summed E-state index contributed by atoms with van der Waals surface area (Å²) >= 11 is -2.31. The van der Waals surface area contributed by atoms with Crippen LogP contribution in [0, 0.1) is 17.8 Å². The molecule has 2 bridgehead atoms. The third-order valence-electron chi connectivity index (χ3n) is 11.1. The molecule has 5 aromatic carbocycles. The first-order valence-electron chi connectivity index (χ1n) is 18.1. The molecule has 0 saturated heterocycles. The molecule has 0 radical (unpaired) electrons. The van der Waals surface area contributed by atoms with Gasteiger partial charge in [-0.3, -0.25) is 4.99 Å². The Morgan fingerprint density at radius 2 is 1.25 bits per heavy atom. The van der Waals surface area contributed by atoms with Gasteiger partial charge in [-0.25, -0.2) is 0 Å². The predicted octanol–water partition coefficient (Wildman–Crippen LogP) is 13.6. The fraction of sp³-hybridized carbons (Fsp3) is 0.311.